The molecule has 0 heterocycles. The summed E-state index contributed by atoms with van der Waals surface area (Å²) in [6.45, 7) is 0. The Hall–Kier alpha value is -1.29. The fourth-order valence-electron chi connectivity index (χ4n) is 1.41. The van der Waals surface area contributed by atoms with Gasteiger partial charge in [-0.3, -0.25) is 0 Å². The molecule has 0 bridgehead atoms. The molecule has 0 saturated heterocycles. The second-order valence-electron chi connectivity index (χ2n) is 2.99. The lowest BCUT2D eigenvalue weighted by atomic mass is 10.1. The number of rotatable bonds is 1. The number of benzene rings is 1. The molecule has 1 heteroatoms. The Labute approximate surface area is 66.3 Å². The number of nitrogens with zero attached hydrogens (tertiary/aromatic N) is 1. The minimum Gasteiger partial charge on any atom is -0.198 e. The van der Waals surface area contributed by atoms with Gasteiger partial charge in [0.1, 0.15) is 0 Å². The third-order valence-corrected chi connectivity index (χ3v) is 2.18. The Morgan fingerprint density at radius 2 is 2.00 bits per heavy atom. The van der Waals surface area contributed by atoms with Crippen LogP contribution >= 0.6 is 0 Å². The van der Waals surface area contributed by atoms with Crippen molar-refractivity contribution < 1.29 is 0 Å². The molecular weight excluding hydrogens is 134 g/mol. The van der Waals surface area contributed by atoms with Crippen LogP contribution in [0.15, 0.2) is 30.3 Å². The summed E-state index contributed by atoms with van der Waals surface area (Å²) < 4.78 is 0. The molecule has 1 saturated carbocycles. The van der Waals surface area contributed by atoms with Crippen LogP contribution in [0.3, 0.4) is 0 Å². The molecule has 0 N–H and O–H groups in total. The second kappa shape index (κ2) is 2.39. The molecule has 2 unspecified atom stereocenters. The highest BCUT2D eigenvalue weighted by atomic mass is 14.4. The van der Waals surface area contributed by atoms with E-state index in [4.69, 9.17) is 5.26 Å². The van der Waals surface area contributed by atoms with Crippen molar-refractivity contribution in [2.75, 3.05) is 0 Å². The molecule has 0 spiro atoms. The zero-order valence-electron chi connectivity index (χ0n) is 6.20. The Kier molecular flexibility index (Phi) is 1.40. The Morgan fingerprint density at radius 1 is 1.27 bits per heavy atom. The van der Waals surface area contributed by atoms with Gasteiger partial charge in [-0.2, -0.15) is 5.26 Å². The molecule has 0 aliphatic heterocycles. The van der Waals surface area contributed by atoms with Crippen molar-refractivity contribution in [3.8, 4) is 6.07 Å². The highest BCUT2D eigenvalue weighted by molar-refractivity contribution is 5.28. The largest absolute Gasteiger partial charge is 0.198 e. The number of hydrogen-bond donors (Lipinski definition) is 0. The van der Waals surface area contributed by atoms with Gasteiger partial charge >= 0.3 is 0 Å². The van der Waals surface area contributed by atoms with Crippen molar-refractivity contribution in [1.82, 2.24) is 0 Å². The van der Waals surface area contributed by atoms with Gasteiger partial charge in [0.05, 0.1) is 12.0 Å². The van der Waals surface area contributed by atoms with E-state index in [9.17, 15) is 0 Å². The summed E-state index contributed by atoms with van der Waals surface area (Å²) in [6, 6.07) is 12.6. The zero-order chi connectivity index (χ0) is 7.68. The molecule has 54 valence electrons. The Balaban J connectivity index is 2.16. The third-order valence-electron chi connectivity index (χ3n) is 2.18. The van der Waals surface area contributed by atoms with E-state index in [0.717, 1.165) is 6.42 Å². The van der Waals surface area contributed by atoms with Gasteiger partial charge in [0, 0.05) is 5.92 Å². The molecule has 0 amide bonds. The Morgan fingerprint density at radius 3 is 2.55 bits per heavy atom. The molecule has 11 heavy (non-hydrogen) atoms. The third kappa shape index (κ3) is 1.12. The van der Waals surface area contributed by atoms with Gasteiger partial charge in [0.15, 0.2) is 0 Å². The van der Waals surface area contributed by atoms with Crippen LogP contribution in [0.1, 0.15) is 17.9 Å². The second-order valence-corrected chi connectivity index (χ2v) is 2.99. The van der Waals surface area contributed by atoms with Gasteiger partial charge in [-0.05, 0) is 12.0 Å². The van der Waals surface area contributed by atoms with Gasteiger partial charge in [-0.25, -0.2) is 0 Å². The highest BCUT2D eigenvalue weighted by Crippen LogP contribution is 2.46. The molecular formula is C10H9N. The lowest BCUT2D eigenvalue weighted by Crippen LogP contribution is -1.78. The van der Waals surface area contributed by atoms with E-state index in [-0.39, 0.29) is 5.92 Å². The SMILES string of the molecule is N#CC1CC1c1ccccc1. The number of hydrogen-bond acceptors (Lipinski definition) is 1. The zero-order valence-corrected chi connectivity index (χ0v) is 6.20. The summed E-state index contributed by atoms with van der Waals surface area (Å²) in [4.78, 5) is 0. The fraction of sp³-hybridized carbons (Fsp3) is 0.300. The molecule has 0 aromatic heterocycles. The van der Waals surface area contributed by atoms with E-state index < -0.39 is 0 Å². The first kappa shape index (κ1) is 6.42. The summed E-state index contributed by atoms with van der Waals surface area (Å²) in [7, 11) is 0. The first-order valence-electron chi connectivity index (χ1n) is 3.86. The van der Waals surface area contributed by atoms with E-state index in [0.29, 0.717) is 5.92 Å². The molecule has 2 rings (SSSR count). The smallest absolute Gasteiger partial charge is 0.0662 e. The maximum atomic E-state index is 8.59. The van der Waals surface area contributed by atoms with Crippen LogP contribution in [0.4, 0.5) is 0 Å². The summed E-state index contributed by atoms with van der Waals surface area (Å²) in [5.41, 5.74) is 1.32. The van der Waals surface area contributed by atoms with Gasteiger partial charge in [-0.1, -0.05) is 30.3 Å². The molecule has 1 aromatic carbocycles. The van der Waals surface area contributed by atoms with Crippen molar-refractivity contribution in [2.24, 2.45) is 5.92 Å². The predicted molar refractivity (Wildman–Crippen MR) is 42.9 cm³/mol. The van der Waals surface area contributed by atoms with Crippen molar-refractivity contribution in [3.63, 3.8) is 0 Å². The maximum absolute atomic E-state index is 8.59. The van der Waals surface area contributed by atoms with E-state index in [2.05, 4.69) is 18.2 Å². The molecule has 1 aliphatic carbocycles. The lowest BCUT2D eigenvalue weighted by molar-refractivity contribution is 1.02. The standard InChI is InChI=1S/C10H9N/c11-7-9-6-10(9)8-4-2-1-3-5-8/h1-5,9-10H,6H2. The van der Waals surface area contributed by atoms with E-state index in [1.807, 2.05) is 18.2 Å². The minimum absolute atomic E-state index is 0.289. The average molecular weight is 143 g/mol. The molecule has 1 nitrogen and oxygen atoms in total. The van der Waals surface area contributed by atoms with Crippen LogP contribution < -0.4 is 0 Å². The molecule has 1 aliphatic rings. The van der Waals surface area contributed by atoms with Gasteiger partial charge in [0.25, 0.3) is 0 Å². The van der Waals surface area contributed by atoms with Crippen molar-refractivity contribution in [1.29, 1.82) is 5.26 Å². The van der Waals surface area contributed by atoms with Crippen LogP contribution in [-0.4, -0.2) is 0 Å². The highest BCUT2D eigenvalue weighted by Gasteiger charge is 2.38. The molecule has 2 atom stereocenters. The van der Waals surface area contributed by atoms with E-state index in [1.165, 1.54) is 5.56 Å². The van der Waals surface area contributed by atoms with Crippen LogP contribution in [0.5, 0.6) is 0 Å². The summed E-state index contributed by atoms with van der Waals surface area (Å²) in [6.07, 6.45) is 1.06. The first-order valence-corrected chi connectivity index (χ1v) is 3.86. The normalized spacial score (nSPS) is 27.5. The van der Waals surface area contributed by atoms with E-state index >= 15 is 0 Å². The number of nitriles is 1. The van der Waals surface area contributed by atoms with Crippen molar-refractivity contribution in [2.45, 2.75) is 12.3 Å². The summed E-state index contributed by atoms with van der Waals surface area (Å²) in [5.74, 6) is 0.818. The first-order chi connectivity index (χ1) is 5.42. The molecule has 0 radical (unpaired) electrons. The topological polar surface area (TPSA) is 23.8 Å². The molecule has 1 fully saturated rings. The minimum atomic E-state index is 0.289. The fourth-order valence-corrected chi connectivity index (χ4v) is 1.41. The lowest BCUT2D eigenvalue weighted by Gasteiger charge is -1.93. The summed E-state index contributed by atoms with van der Waals surface area (Å²) in [5, 5.41) is 8.59. The Bertz CT molecular complexity index is 283. The van der Waals surface area contributed by atoms with Gasteiger partial charge < -0.3 is 0 Å². The van der Waals surface area contributed by atoms with E-state index in [1.54, 1.807) is 0 Å². The van der Waals surface area contributed by atoms with Crippen LogP contribution in [-0.2, 0) is 0 Å². The monoisotopic (exact) mass is 143 g/mol. The summed E-state index contributed by atoms with van der Waals surface area (Å²) >= 11 is 0. The van der Waals surface area contributed by atoms with Crippen LogP contribution in [0.25, 0.3) is 0 Å². The van der Waals surface area contributed by atoms with Gasteiger partial charge in [0.2, 0.25) is 0 Å². The van der Waals surface area contributed by atoms with Gasteiger partial charge in [-0.15, -0.1) is 0 Å². The van der Waals surface area contributed by atoms with Crippen molar-refractivity contribution in [3.05, 3.63) is 35.9 Å². The average Bonchev–Trinajstić information content (AvgIpc) is 2.85. The van der Waals surface area contributed by atoms with Crippen LogP contribution in [0, 0.1) is 17.2 Å². The molecule has 1 aromatic rings. The predicted octanol–water partition coefficient (Wildman–Crippen LogP) is 2.31. The van der Waals surface area contributed by atoms with Crippen LogP contribution in [0.2, 0.25) is 0 Å². The van der Waals surface area contributed by atoms with Crippen molar-refractivity contribution >= 4 is 0 Å². The maximum Gasteiger partial charge on any atom is 0.0662 e. The quantitative estimate of drug-likeness (QED) is 0.591.